The van der Waals surface area contributed by atoms with Gasteiger partial charge in [-0.3, -0.25) is 9.59 Å². The molecule has 0 bridgehead atoms. The second-order valence-electron chi connectivity index (χ2n) is 6.16. The van der Waals surface area contributed by atoms with E-state index in [0.717, 1.165) is 11.9 Å². The summed E-state index contributed by atoms with van der Waals surface area (Å²) in [6, 6.07) is 5.29. The van der Waals surface area contributed by atoms with E-state index in [1.807, 2.05) is 23.6 Å². The lowest BCUT2D eigenvalue weighted by Gasteiger charge is -2.23. The lowest BCUT2D eigenvalue weighted by molar-refractivity contribution is -0.134. The smallest absolute Gasteiger partial charge is 0.254 e. The van der Waals surface area contributed by atoms with Gasteiger partial charge in [0.25, 0.3) is 5.91 Å². The van der Waals surface area contributed by atoms with Gasteiger partial charge in [-0.1, -0.05) is 13.8 Å². The highest BCUT2D eigenvalue weighted by Gasteiger charge is 2.24. The van der Waals surface area contributed by atoms with Crippen molar-refractivity contribution in [3.05, 3.63) is 30.2 Å². The molecule has 0 N–H and O–H groups in total. The van der Waals surface area contributed by atoms with Gasteiger partial charge in [-0.2, -0.15) is 0 Å². The van der Waals surface area contributed by atoms with E-state index >= 15 is 0 Å². The molecule has 0 saturated carbocycles. The van der Waals surface area contributed by atoms with E-state index < -0.39 is 0 Å². The Morgan fingerprint density at radius 2 is 1.87 bits per heavy atom. The molecule has 1 saturated heterocycles. The zero-order chi connectivity index (χ0) is 16.4. The predicted molar refractivity (Wildman–Crippen MR) is 85.9 cm³/mol. The van der Waals surface area contributed by atoms with Gasteiger partial charge in [0.15, 0.2) is 12.0 Å². The summed E-state index contributed by atoms with van der Waals surface area (Å²) in [5.74, 6) is 0.121. The molecule has 1 fully saturated rings. The van der Waals surface area contributed by atoms with Crippen LogP contribution >= 0.6 is 0 Å². The summed E-state index contributed by atoms with van der Waals surface area (Å²) in [6.45, 7) is 6.33. The summed E-state index contributed by atoms with van der Waals surface area (Å²) in [7, 11) is 0. The topological polar surface area (TPSA) is 66.7 Å². The Hall–Kier alpha value is -2.37. The predicted octanol–water partition coefficient (Wildman–Crippen LogP) is 2.16. The van der Waals surface area contributed by atoms with Gasteiger partial charge < -0.3 is 14.2 Å². The van der Waals surface area contributed by atoms with Gasteiger partial charge in [-0.05, 0) is 24.6 Å². The summed E-state index contributed by atoms with van der Waals surface area (Å²) in [5.41, 5.74) is 1.95. The normalized spacial score (nSPS) is 16.0. The Morgan fingerprint density at radius 3 is 2.65 bits per heavy atom. The molecule has 2 aromatic rings. The van der Waals surface area contributed by atoms with Gasteiger partial charge in [0.1, 0.15) is 5.52 Å². The van der Waals surface area contributed by atoms with Crippen molar-refractivity contribution < 1.29 is 14.0 Å². The van der Waals surface area contributed by atoms with Crippen molar-refractivity contribution >= 4 is 22.9 Å². The molecule has 1 aliphatic heterocycles. The minimum Gasteiger partial charge on any atom is -0.443 e. The second kappa shape index (κ2) is 6.40. The molecule has 23 heavy (non-hydrogen) atoms. The molecule has 0 radical (unpaired) electrons. The van der Waals surface area contributed by atoms with E-state index in [4.69, 9.17) is 4.42 Å². The van der Waals surface area contributed by atoms with Crippen LogP contribution < -0.4 is 0 Å². The Labute approximate surface area is 135 Å². The summed E-state index contributed by atoms with van der Waals surface area (Å²) < 4.78 is 5.26. The molecule has 122 valence electrons. The average molecular weight is 315 g/mol. The molecule has 1 aromatic carbocycles. The van der Waals surface area contributed by atoms with Crippen LogP contribution in [0.2, 0.25) is 0 Å². The van der Waals surface area contributed by atoms with E-state index in [1.165, 1.54) is 6.39 Å². The van der Waals surface area contributed by atoms with Crippen LogP contribution in [0, 0.1) is 5.92 Å². The Balaban J connectivity index is 1.71. The first-order valence-corrected chi connectivity index (χ1v) is 7.97. The van der Waals surface area contributed by atoms with Gasteiger partial charge >= 0.3 is 0 Å². The molecule has 0 atom stereocenters. The number of carbonyl (C=O) groups excluding carboxylic acids is 2. The number of fused-ring (bicyclic) bond motifs is 1. The van der Waals surface area contributed by atoms with Crippen LogP contribution in [-0.4, -0.2) is 52.8 Å². The van der Waals surface area contributed by atoms with Gasteiger partial charge in [0.2, 0.25) is 5.91 Å². The Kier molecular flexibility index (Phi) is 4.32. The zero-order valence-corrected chi connectivity index (χ0v) is 13.5. The number of oxazole rings is 1. The first-order chi connectivity index (χ1) is 11.1. The number of aromatic nitrogens is 1. The third kappa shape index (κ3) is 3.21. The fraction of sp³-hybridized carbons (Fsp3) is 0.471. The Morgan fingerprint density at radius 1 is 1.13 bits per heavy atom. The van der Waals surface area contributed by atoms with Crippen molar-refractivity contribution in [1.29, 1.82) is 0 Å². The maximum absolute atomic E-state index is 12.7. The number of benzene rings is 1. The van der Waals surface area contributed by atoms with Gasteiger partial charge in [-0.25, -0.2) is 4.98 Å². The van der Waals surface area contributed by atoms with Crippen LogP contribution in [0.15, 0.2) is 29.0 Å². The summed E-state index contributed by atoms with van der Waals surface area (Å²) in [5, 5.41) is 0. The zero-order valence-electron chi connectivity index (χ0n) is 13.5. The Bertz CT molecular complexity index is 723. The molecule has 0 aliphatic carbocycles. The van der Waals surface area contributed by atoms with Crippen molar-refractivity contribution in [1.82, 2.24) is 14.8 Å². The highest BCUT2D eigenvalue weighted by Crippen LogP contribution is 2.17. The number of hydrogen-bond acceptors (Lipinski definition) is 4. The first-order valence-electron chi connectivity index (χ1n) is 7.97. The lowest BCUT2D eigenvalue weighted by Crippen LogP contribution is -2.38. The second-order valence-corrected chi connectivity index (χ2v) is 6.16. The van der Waals surface area contributed by atoms with Crippen LogP contribution in [0.4, 0.5) is 0 Å². The van der Waals surface area contributed by atoms with Gasteiger partial charge in [0.05, 0.1) is 0 Å². The SMILES string of the molecule is CC(C)C(=O)N1CCCN(C(=O)c2ccc3ncoc3c2)CC1. The van der Waals surface area contributed by atoms with Crippen LogP contribution in [-0.2, 0) is 4.79 Å². The van der Waals surface area contributed by atoms with Crippen LogP contribution in [0.5, 0.6) is 0 Å². The molecule has 6 heteroatoms. The molecular weight excluding hydrogens is 294 g/mol. The number of nitrogens with zero attached hydrogens (tertiary/aromatic N) is 3. The summed E-state index contributed by atoms with van der Waals surface area (Å²) >= 11 is 0. The molecule has 1 aliphatic rings. The maximum Gasteiger partial charge on any atom is 0.254 e. The number of rotatable bonds is 2. The van der Waals surface area contributed by atoms with E-state index in [1.54, 1.807) is 18.2 Å². The summed E-state index contributed by atoms with van der Waals surface area (Å²) in [6.07, 6.45) is 2.18. The van der Waals surface area contributed by atoms with Gasteiger partial charge in [0, 0.05) is 37.7 Å². The minimum atomic E-state index is -0.0258. The van der Waals surface area contributed by atoms with Crippen molar-refractivity contribution in [3.8, 4) is 0 Å². The quantitative estimate of drug-likeness (QED) is 0.852. The van der Waals surface area contributed by atoms with Crippen LogP contribution in [0.1, 0.15) is 30.6 Å². The van der Waals surface area contributed by atoms with Crippen molar-refractivity contribution in [2.45, 2.75) is 20.3 Å². The fourth-order valence-corrected chi connectivity index (χ4v) is 2.88. The van der Waals surface area contributed by atoms with Gasteiger partial charge in [-0.15, -0.1) is 0 Å². The number of carbonyl (C=O) groups is 2. The van der Waals surface area contributed by atoms with E-state index in [9.17, 15) is 9.59 Å². The molecule has 3 rings (SSSR count). The fourth-order valence-electron chi connectivity index (χ4n) is 2.88. The largest absolute Gasteiger partial charge is 0.443 e. The highest BCUT2D eigenvalue weighted by atomic mass is 16.3. The van der Waals surface area contributed by atoms with Crippen LogP contribution in [0.25, 0.3) is 11.1 Å². The molecule has 1 aromatic heterocycles. The molecular formula is C17H21N3O3. The number of amides is 2. The number of hydrogen-bond donors (Lipinski definition) is 0. The lowest BCUT2D eigenvalue weighted by atomic mass is 10.1. The van der Waals surface area contributed by atoms with Crippen molar-refractivity contribution in [3.63, 3.8) is 0 Å². The van der Waals surface area contributed by atoms with E-state index in [-0.39, 0.29) is 17.7 Å². The van der Waals surface area contributed by atoms with Crippen LogP contribution in [0.3, 0.4) is 0 Å². The van der Waals surface area contributed by atoms with E-state index in [0.29, 0.717) is 37.3 Å². The molecule has 2 amide bonds. The molecule has 0 spiro atoms. The average Bonchev–Trinajstić information content (AvgIpc) is 2.88. The maximum atomic E-state index is 12.7. The summed E-state index contributed by atoms with van der Waals surface area (Å²) in [4.78, 5) is 32.5. The molecule has 0 unspecified atom stereocenters. The standard InChI is InChI=1S/C17H21N3O3/c1-12(2)16(21)19-6-3-7-20(9-8-19)17(22)13-4-5-14-15(10-13)23-11-18-14/h4-5,10-12H,3,6-9H2,1-2H3. The minimum absolute atomic E-state index is 0.00823. The highest BCUT2D eigenvalue weighted by molar-refractivity contribution is 5.97. The van der Waals surface area contributed by atoms with Crippen molar-refractivity contribution in [2.24, 2.45) is 5.92 Å². The first kappa shape index (κ1) is 15.5. The van der Waals surface area contributed by atoms with Crippen molar-refractivity contribution in [2.75, 3.05) is 26.2 Å². The third-order valence-electron chi connectivity index (χ3n) is 4.17. The molecule has 6 nitrogen and oxygen atoms in total. The molecule has 2 heterocycles. The monoisotopic (exact) mass is 315 g/mol. The third-order valence-corrected chi connectivity index (χ3v) is 4.17. The van der Waals surface area contributed by atoms with E-state index in [2.05, 4.69) is 4.98 Å².